The molecule has 0 unspecified atom stereocenters. The zero-order chi connectivity index (χ0) is 28.4. The van der Waals surface area contributed by atoms with E-state index in [1.807, 2.05) is 39.7 Å². The highest BCUT2D eigenvalue weighted by Gasteiger charge is 2.54. The lowest BCUT2D eigenvalue weighted by Crippen LogP contribution is -2.71. The van der Waals surface area contributed by atoms with Crippen LogP contribution in [0.4, 0.5) is 9.52 Å². The molecule has 0 spiro atoms. The Kier molecular flexibility index (Phi) is 8.24. The summed E-state index contributed by atoms with van der Waals surface area (Å²) in [7, 11) is 0. The van der Waals surface area contributed by atoms with Crippen molar-refractivity contribution >= 4 is 69.0 Å². The quantitative estimate of drug-likeness (QED) is 0.0786. The molecular weight excluding hydrogens is 585 g/mol. The van der Waals surface area contributed by atoms with Crippen LogP contribution in [0.3, 0.4) is 0 Å². The zero-order valence-electron chi connectivity index (χ0n) is 20.6. The lowest BCUT2D eigenvalue weighted by Gasteiger charge is -2.49. The first-order valence-corrected chi connectivity index (χ1v) is 14.7. The minimum atomic E-state index is -1.28. The van der Waals surface area contributed by atoms with E-state index in [4.69, 9.17) is 10.8 Å². The number of carbonyl (C=O) groups is 3. The second-order valence-electron chi connectivity index (χ2n) is 8.51. The van der Waals surface area contributed by atoms with E-state index >= 15 is 0 Å². The second-order valence-corrected chi connectivity index (χ2v) is 11.6. The molecule has 2 atom stereocenters. The smallest absolute Gasteiger partial charge is 0.352 e. The minimum absolute atomic E-state index is 0.0536. The number of aromatic nitrogens is 3. The number of hydrogen-bond donors (Lipinski definition) is 4. The fourth-order valence-electron chi connectivity index (χ4n) is 4.37. The number of fused-ring (bicyclic) bond motifs is 2. The van der Waals surface area contributed by atoms with Crippen molar-refractivity contribution in [2.45, 2.75) is 23.0 Å². The Labute approximate surface area is 238 Å². The lowest BCUT2D eigenvalue weighted by molar-refractivity contribution is -0.688. The van der Waals surface area contributed by atoms with Crippen molar-refractivity contribution in [2.24, 2.45) is 5.16 Å². The van der Waals surface area contributed by atoms with Gasteiger partial charge >= 0.3 is 5.97 Å². The number of amides is 2. The van der Waals surface area contributed by atoms with Gasteiger partial charge < -0.3 is 30.5 Å². The van der Waals surface area contributed by atoms with Gasteiger partial charge in [0.1, 0.15) is 28.3 Å². The lowest BCUT2D eigenvalue weighted by atomic mass is 10.0. The molecule has 5 rings (SSSR count). The summed E-state index contributed by atoms with van der Waals surface area (Å²) in [6, 6.07) is 2.84. The number of nitrogen functional groups attached to an aromatic ring is 1. The third-order valence-electron chi connectivity index (χ3n) is 6.05. The summed E-state index contributed by atoms with van der Waals surface area (Å²) in [6.45, 7) is -0.968. The molecule has 5 heterocycles. The number of nitrogens with one attached hydrogen (secondary N) is 1. The molecule has 0 radical (unpaired) electrons. The molecule has 0 saturated carbocycles. The molecule has 17 heteroatoms. The SMILES string of the molecule is Nc1nc(/C(=N/OCF)C(=O)N[C@@H]2C(=O)N3C(C(=O)O)=C(C[n+]4ccn5c(SCCO)ccc5c4)CS[C@H]23)cs1. The molecule has 3 aromatic heterocycles. The number of thiazole rings is 1. The van der Waals surface area contributed by atoms with Crippen LogP contribution in [0, 0.1) is 0 Å². The number of nitrogens with two attached hydrogens (primary N) is 1. The Hall–Kier alpha value is -3.67. The van der Waals surface area contributed by atoms with E-state index in [2.05, 4.69) is 20.3 Å². The summed E-state index contributed by atoms with van der Waals surface area (Å²) >= 11 is 3.88. The molecule has 2 amide bonds. The summed E-state index contributed by atoms with van der Waals surface area (Å²) in [5.41, 5.74) is 6.62. The first kappa shape index (κ1) is 27.9. The Bertz CT molecular complexity index is 1540. The van der Waals surface area contributed by atoms with E-state index in [-0.39, 0.29) is 35.4 Å². The zero-order valence-corrected chi connectivity index (χ0v) is 23.0. The van der Waals surface area contributed by atoms with Crippen LogP contribution in [0.15, 0.2) is 57.6 Å². The average Bonchev–Trinajstić information content (AvgIpc) is 3.55. The van der Waals surface area contributed by atoms with Crippen molar-refractivity contribution in [3.63, 3.8) is 0 Å². The number of anilines is 1. The Balaban J connectivity index is 1.33. The molecule has 40 heavy (non-hydrogen) atoms. The summed E-state index contributed by atoms with van der Waals surface area (Å²) in [5, 5.41) is 27.0. The number of β-lactam (4-membered cyclic amide) rings is 1. The summed E-state index contributed by atoms with van der Waals surface area (Å²) in [4.78, 5) is 47.8. The van der Waals surface area contributed by atoms with Gasteiger partial charge in [0.15, 0.2) is 29.8 Å². The first-order valence-electron chi connectivity index (χ1n) is 11.7. The maximum Gasteiger partial charge on any atom is 0.352 e. The van der Waals surface area contributed by atoms with Crippen molar-refractivity contribution in [2.75, 3.05) is 30.7 Å². The van der Waals surface area contributed by atoms with E-state index < -0.39 is 36.1 Å². The third-order valence-corrected chi connectivity index (χ3v) is 9.08. The van der Waals surface area contributed by atoms with Crippen LogP contribution in [0.5, 0.6) is 0 Å². The van der Waals surface area contributed by atoms with Crippen molar-refractivity contribution < 1.29 is 38.4 Å². The largest absolute Gasteiger partial charge is 0.477 e. The molecule has 2 aliphatic heterocycles. The van der Waals surface area contributed by atoms with Crippen LogP contribution in [-0.2, 0) is 25.8 Å². The van der Waals surface area contributed by atoms with E-state index in [1.165, 1.54) is 33.8 Å². The van der Waals surface area contributed by atoms with E-state index in [9.17, 15) is 23.9 Å². The summed E-state index contributed by atoms with van der Waals surface area (Å²) in [5.74, 6) is -1.80. The van der Waals surface area contributed by atoms with Crippen LogP contribution in [0.2, 0.25) is 0 Å². The number of oxime groups is 1. The first-order chi connectivity index (χ1) is 19.3. The third kappa shape index (κ3) is 5.36. The fraction of sp³-hybridized carbons (Fsp3) is 0.304. The van der Waals surface area contributed by atoms with E-state index in [1.54, 1.807) is 0 Å². The number of nitrogens with zero attached hydrogens (tertiary/aromatic N) is 5. The highest BCUT2D eigenvalue weighted by molar-refractivity contribution is 8.00. The molecule has 13 nitrogen and oxygen atoms in total. The Morgan fingerprint density at radius 1 is 1.40 bits per heavy atom. The monoisotopic (exact) mass is 608 g/mol. The topological polar surface area (TPSA) is 176 Å². The van der Waals surface area contributed by atoms with E-state index in [0.717, 1.165) is 21.9 Å². The van der Waals surface area contributed by atoms with Crippen molar-refractivity contribution in [1.82, 2.24) is 19.6 Å². The molecule has 2 aliphatic rings. The molecule has 0 aliphatic carbocycles. The number of hydrogen-bond acceptors (Lipinski definition) is 11. The van der Waals surface area contributed by atoms with Gasteiger partial charge in [-0.05, 0) is 12.1 Å². The Morgan fingerprint density at radius 2 is 2.23 bits per heavy atom. The Morgan fingerprint density at radius 3 is 2.92 bits per heavy atom. The summed E-state index contributed by atoms with van der Waals surface area (Å²) in [6.07, 6.45) is 5.54. The highest BCUT2D eigenvalue weighted by Crippen LogP contribution is 2.40. The highest BCUT2D eigenvalue weighted by atomic mass is 32.2. The molecular formula is C23H23FN7O6S3+. The maximum atomic E-state index is 13.1. The predicted octanol–water partition coefficient (Wildman–Crippen LogP) is 0.436. The average molecular weight is 609 g/mol. The van der Waals surface area contributed by atoms with Gasteiger partial charge in [-0.1, -0.05) is 5.16 Å². The molecule has 5 N–H and O–H groups in total. The number of aliphatic carboxylic acids is 1. The minimum Gasteiger partial charge on any atom is -0.477 e. The van der Waals surface area contributed by atoms with Gasteiger partial charge in [0, 0.05) is 22.5 Å². The molecule has 0 bridgehead atoms. The van der Waals surface area contributed by atoms with Gasteiger partial charge in [-0.15, -0.1) is 34.9 Å². The van der Waals surface area contributed by atoms with Crippen LogP contribution in [-0.4, -0.2) is 84.4 Å². The van der Waals surface area contributed by atoms with Crippen molar-refractivity contribution in [1.29, 1.82) is 0 Å². The number of carboxylic acid groups (broad SMARTS) is 1. The molecule has 0 aromatic carbocycles. The van der Waals surface area contributed by atoms with Crippen LogP contribution in [0.25, 0.3) is 5.52 Å². The number of halogens is 1. The van der Waals surface area contributed by atoms with Crippen LogP contribution >= 0.6 is 34.9 Å². The summed E-state index contributed by atoms with van der Waals surface area (Å²) < 4.78 is 16.4. The van der Waals surface area contributed by atoms with Gasteiger partial charge in [-0.25, -0.2) is 14.2 Å². The molecule has 1 fully saturated rings. The number of thioether (sulfide) groups is 2. The number of aliphatic hydroxyl groups excluding tert-OH is 1. The number of alkyl halides is 1. The maximum absolute atomic E-state index is 13.1. The normalized spacial score (nSPS) is 19.0. The van der Waals surface area contributed by atoms with Crippen LogP contribution in [0.1, 0.15) is 5.69 Å². The van der Waals surface area contributed by atoms with Gasteiger partial charge in [0.25, 0.3) is 18.7 Å². The predicted molar refractivity (Wildman–Crippen MR) is 145 cm³/mol. The number of aliphatic hydroxyl groups is 1. The molecule has 3 aromatic rings. The number of carboxylic acids is 1. The van der Waals surface area contributed by atoms with Crippen molar-refractivity contribution in [3.8, 4) is 0 Å². The van der Waals surface area contributed by atoms with E-state index in [0.29, 0.717) is 17.1 Å². The van der Waals surface area contributed by atoms with Gasteiger partial charge in [-0.3, -0.25) is 14.5 Å². The molecule has 1 saturated heterocycles. The number of carbonyl (C=O) groups excluding carboxylic acids is 2. The standard InChI is InChI=1S/C23H22FN7O6S3/c24-11-37-28-16(14-10-40-23(25)26-14)19(33)27-17-20(34)31-18(22(35)36)12(9-39-21(17)31)7-29-3-4-30-13(8-29)1-2-15(30)38-6-5-32/h1-4,8,10,17,21,32H,5-7,9,11H2,(H3-,25,26,27,33,35,36)/p+1/b28-16-/t17-,21-/m1/s1. The molecule has 210 valence electrons. The van der Waals surface area contributed by atoms with Gasteiger partial charge in [-0.2, -0.15) is 4.57 Å². The van der Waals surface area contributed by atoms with Crippen LogP contribution < -0.4 is 15.6 Å². The number of rotatable bonds is 11. The van der Waals surface area contributed by atoms with Gasteiger partial charge in [0.05, 0.1) is 17.8 Å². The van der Waals surface area contributed by atoms with Gasteiger partial charge in [0.2, 0.25) is 0 Å². The van der Waals surface area contributed by atoms with Crippen molar-refractivity contribution in [3.05, 3.63) is 53.1 Å². The fourth-order valence-corrected chi connectivity index (χ4v) is 7.02. The second kappa shape index (κ2) is 11.8.